The van der Waals surface area contributed by atoms with Crippen molar-refractivity contribution in [1.29, 1.82) is 0 Å². The molecule has 0 aliphatic rings. The van der Waals surface area contributed by atoms with Crippen LogP contribution in [0, 0.1) is 10.8 Å². The molecule has 0 atom stereocenters. The van der Waals surface area contributed by atoms with E-state index < -0.39 is 0 Å². The van der Waals surface area contributed by atoms with Gasteiger partial charge in [0.1, 0.15) is 0 Å². The van der Waals surface area contributed by atoms with Crippen molar-refractivity contribution in [3.63, 3.8) is 0 Å². The lowest BCUT2D eigenvalue weighted by molar-refractivity contribution is 0.992. The van der Waals surface area contributed by atoms with Gasteiger partial charge in [0.05, 0.1) is 0 Å². The van der Waals surface area contributed by atoms with Crippen LogP contribution in [0.4, 0.5) is 0 Å². The normalized spacial score (nSPS) is 7.14. The standard InChI is InChI=1S/C5H6BrCl/c6-4-2-1-3-5-7/h1,3,5H2. The fourth-order valence-electron chi connectivity index (χ4n) is 0.202. The van der Waals surface area contributed by atoms with E-state index in [9.17, 15) is 0 Å². The number of hydrogen-bond acceptors (Lipinski definition) is 0. The van der Waals surface area contributed by atoms with Crippen LogP contribution in [-0.2, 0) is 0 Å². The first-order valence-corrected chi connectivity index (χ1v) is 3.39. The Morgan fingerprint density at radius 1 is 1.57 bits per heavy atom. The summed E-state index contributed by atoms with van der Waals surface area (Å²) in [4.78, 5) is 2.61. The first-order valence-electron chi connectivity index (χ1n) is 2.06. The van der Waals surface area contributed by atoms with Crippen molar-refractivity contribution in [3.05, 3.63) is 0 Å². The first-order chi connectivity index (χ1) is 3.41. The lowest BCUT2D eigenvalue weighted by atomic mass is 10.4. The minimum Gasteiger partial charge on any atom is -0.127 e. The van der Waals surface area contributed by atoms with Crippen LogP contribution in [0.15, 0.2) is 0 Å². The molecule has 0 bridgehead atoms. The molecule has 0 spiro atoms. The summed E-state index contributed by atoms with van der Waals surface area (Å²) < 4.78 is 0. The van der Waals surface area contributed by atoms with E-state index in [0.717, 1.165) is 12.8 Å². The second kappa shape index (κ2) is 6.33. The van der Waals surface area contributed by atoms with Gasteiger partial charge >= 0.3 is 0 Å². The average molecular weight is 181 g/mol. The second-order valence-electron chi connectivity index (χ2n) is 1.06. The molecule has 40 valence electrons. The molecule has 7 heavy (non-hydrogen) atoms. The molecule has 2 heteroatoms. The van der Waals surface area contributed by atoms with Crippen molar-refractivity contribution < 1.29 is 0 Å². The molecule has 0 N–H and O–H groups in total. The first kappa shape index (κ1) is 7.33. The van der Waals surface area contributed by atoms with Crippen molar-refractivity contribution in [3.8, 4) is 10.8 Å². The summed E-state index contributed by atoms with van der Waals surface area (Å²) in [7, 11) is 0. The summed E-state index contributed by atoms with van der Waals surface area (Å²) in [6.45, 7) is 0. The molecule has 0 rings (SSSR count). The Hall–Kier alpha value is 0.330. The van der Waals surface area contributed by atoms with Crippen LogP contribution in [0.5, 0.6) is 0 Å². The second-order valence-corrected chi connectivity index (χ2v) is 1.84. The molecule has 0 heterocycles. The molecule has 0 unspecified atom stereocenters. The molecule has 0 fully saturated rings. The molecule has 0 aromatic heterocycles. The molecule has 0 aromatic rings. The Balaban J connectivity index is 2.78. The van der Waals surface area contributed by atoms with E-state index in [1.807, 2.05) is 0 Å². The molecule has 0 aliphatic heterocycles. The summed E-state index contributed by atoms with van der Waals surface area (Å²) in [5, 5.41) is 0. The van der Waals surface area contributed by atoms with Crippen LogP contribution in [0.3, 0.4) is 0 Å². The van der Waals surface area contributed by atoms with Gasteiger partial charge < -0.3 is 0 Å². The topological polar surface area (TPSA) is 0 Å². The molecular weight excluding hydrogens is 175 g/mol. The summed E-state index contributed by atoms with van der Waals surface area (Å²) in [5.41, 5.74) is 0. The van der Waals surface area contributed by atoms with Gasteiger partial charge in [0.25, 0.3) is 0 Å². The molecule has 0 amide bonds. The van der Waals surface area contributed by atoms with Crippen LogP contribution in [-0.4, -0.2) is 5.88 Å². The Labute approximate surface area is 57.4 Å². The Bertz CT molecular complexity index is 79.8. The highest BCUT2D eigenvalue weighted by Gasteiger charge is 1.74. The Morgan fingerprint density at radius 2 is 2.29 bits per heavy atom. The van der Waals surface area contributed by atoms with Crippen molar-refractivity contribution in [2.24, 2.45) is 0 Å². The largest absolute Gasteiger partial charge is 0.127 e. The summed E-state index contributed by atoms with van der Waals surface area (Å²) in [6.07, 6.45) is 1.88. The summed E-state index contributed by atoms with van der Waals surface area (Å²) >= 11 is 8.33. The minimum absolute atomic E-state index is 0.710. The molecular formula is C5H6BrCl. The molecule has 0 saturated heterocycles. The number of alkyl halides is 1. The van der Waals surface area contributed by atoms with Crippen LogP contribution < -0.4 is 0 Å². The maximum absolute atomic E-state index is 5.35. The highest BCUT2D eigenvalue weighted by Crippen LogP contribution is 1.88. The van der Waals surface area contributed by atoms with Gasteiger partial charge in [0.15, 0.2) is 0 Å². The predicted octanol–water partition coefficient (Wildman–Crippen LogP) is 2.36. The van der Waals surface area contributed by atoms with Crippen LogP contribution >= 0.6 is 27.5 Å². The van der Waals surface area contributed by atoms with Gasteiger partial charge in [0.2, 0.25) is 0 Å². The van der Waals surface area contributed by atoms with Crippen LogP contribution in [0.25, 0.3) is 0 Å². The van der Waals surface area contributed by atoms with E-state index in [1.54, 1.807) is 0 Å². The molecule has 0 nitrogen and oxygen atoms in total. The van der Waals surface area contributed by atoms with E-state index in [4.69, 9.17) is 11.6 Å². The monoisotopic (exact) mass is 180 g/mol. The molecule has 0 radical (unpaired) electrons. The molecule has 0 aliphatic carbocycles. The fourth-order valence-corrected chi connectivity index (χ4v) is 0.534. The van der Waals surface area contributed by atoms with E-state index in [-0.39, 0.29) is 0 Å². The average Bonchev–Trinajstić information content (AvgIpc) is 1.69. The van der Waals surface area contributed by atoms with Gasteiger partial charge in [-0.25, -0.2) is 0 Å². The van der Waals surface area contributed by atoms with Crippen LogP contribution in [0.2, 0.25) is 0 Å². The minimum atomic E-state index is 0.710. The predicted molar refractivity (Wildman–Crippen MR) is 36.7 cm³/mol. The zero-order valence-electron chi connectivity index (χ0n) is 3.88. The summed E-state index contributed by atoms with van der Waals surface area (Å²) in [5.74, 6) is 3.54. The van der Waals surface area contributed by atoms with Gasteiger partial charge in [-0.15, -0.1) is 11.6 Å². The van der Waals surface area contributed by atoms with Crippen LogP contribution in [0.1, 0.15) is 12.8 Å². The lowest BCUT2D eigenvalue weighted by Crippen LogP contribution is -1.68. The van der Waals surface area contributed by atoms with Crippen molar-refractivity contribution >= 4 is 27.5 Å². The third-order valence-electron chi connectivity index (χ3n) is 0.502. The third kappa shape index (κ3) is 6.33. The fraction of sp³-hybridized carbons (Fsp3) is 0.600. The van der Waals surface area contributed by atoms with E-state index in [1.165, 1.54) is 0 Å². The zero-order valence-corrected chi connectivity index (χ0v) is 6.22. The number of hydrogen-bond donors (Lipinski definition) is 0. The smallest absolute Gasteiger partial charge is 0.0232 e. The Kier molecular flexibility index (Phi) is 6.63. The van der Waals surface area contributed by atoms with Crippen molar-refractivity contribution in [1.82, 2.24) is 0 Å². The Morgan fingerprint density at radius 3 is 2.71 bits per heavy atom. The van der Waals surface area contributed by atoms with E-state index in [0.29, 0.717) is 5.88 Å². The lowest BCUT2D eigenvalue weighted by Gasteiger charge is -1.78. The number of halogens is 2. The van der Waals surface area contributed by atoms with Gasteiger partial charge in [-0.3, -0.25) is 0 Å². The zero-order chi connectivity index (χ0) is 5.54. The quantitative estimate of drug-likeness (QED) is 0.349. The number of rotatable bonds is 2. The summed E-state index contributed by atoms with van der Waals surface area (Å²) in [6, 6.07) is 0. The van der Waals surface area contributed by atoms with E-state index in [2.05, 4.69) is 26.7 Å². The van der Waals surface area contributed by atoms with Gasteiger partial charge in [0, 0.05) is 28.2 Å². The third-order valence-corrected chi connectivity index (χ3v) is 1.05. The maximum Gasteiger partial charge on any atom is 0.0232 e. The molecule has 0 saturated carbocycles. The van der Waals surface area contributed by atoms with Gasteiger partial charge in [-0.05, 0) is 11.3 Å². The SMILES string of the molecule is ClCCCC#CBr. The number of unbranched alkanes of at least 4 members (excludes halogenated alkanes) is 1. The highest BCUT2D eigenvalue weighted by atomic mass is 79.9. The van der Waals surface area contributed by atoms with Gasteiger partial charge in [-0.2, -0.15) is 0 Å². The van der Waals surface area contributed by atoms with Crippen molar-refractivity contribution in [2.45, 2.75) is 12.8 Å². The van der Waals surface area contributed by atoms with E-state index >= 15 is 0 Å². The molecule has 0 aromatic carbocycles. The van der Waals surface area contributed by atoms with Gasteiger partial charge in [-0.1, -0.05) is 5.92 Å². The highest BCUT2D eigenvalue weighted by molar-refractivity contribution is 9.12. The maximum atomic E-state index is 5.35. The van der Waals surface area contributed by atoms with Crippen molar-refractivity contribution in [2.75, 3.05) is 5.88 Å².